The Balaban J connectivity index is 1.79. The quantitative estimate of drug-likeness (QED) is 0.441. The number of hydrogen-bond donors (Lipinski definition) is 1. The number of nitrogens with one attached hydrogen (secondary N) is 1. The van der Waals surface area contributed by atoms with Crippen molar-refractivity contribution in [3.05, 3.63) is 63.9 Å². The molecule has 0 fully saturated rings. The minimum atomic E-state index is -0.118. The number of aryl methyl sites for hydroxylation is 2. The van der Waals surface area contributed by atoms with Crippen molar-refractivity contribution in [1.29, 1.82) is 0 Å². The number of carbonyl (C=O) groups is 1. The number of hydrogen-bond acceptors (Lipinski definition) is 5. The van der Waals surface area contributed by atoms with Gasteiger partial charge < -0.3 is 10.2 Å². The van der Waals surface area contributed by atoms with E-state index in [4.69, 9.17) is 0 Å². The van der Waals surface area contributed by atoms with Crippen LogP contribution in [-0.4, -0.2) is 46.8 Å². The fourth-order valence-corrected chi connectivity index (χ4v) is 4.20. The molecule has 0 spiro atoms. The van der Waals surface area contributed by atoms with E-state index in [9.17, 15) is 9.59 Å². The van der Waals surface area contributed by atoms with Crippen molar-refractivity contribution in [3.8, 4) is 0 Å². The zero-order valence-corrected chi connectivity index (χ0v) is 18.8. The summed E-state index contributed by atoms with van der Waals surface area (Å²) in [6.07, 6.45) is 0.829. The number of nitrogens with zero attached hydrogens (tertiary/aromatic N) is 3. The van der Waals surface area contributed by atoms with Gasteiger partial charge in [0.15, 0.2) is 5.16 Å². The minimum Gasteiger partial charge on any atom is -0.325 e. The van der Waals surface area contributed by atoms with Gasteiger partial charge in [0.2, 0.25) is 5.91 Å². The molecule has 3 rings (SSSR count). The van der Waals surface area contributed by atoms with Gasteiger partial charge in [-0.15, -0.1) is 0 Å². The van der Waals surface area contributed by atoms with E-state index in [0.29, 0.717) is 22.6 Å². The van der Waals surface area contributed by atoms with Crippen molar-refractivity contribution in [2.24, 2.45) is 0 Å². The van der Waals surface area contributed by atoms with Crippen LogP contribution in [0.3, 0.4) is 0 Å². The van der Waals surface area contributed by atoms with Crippen LogP contribution in [0.15, 0.2) is 52.4 Å². The molecule has 158 valence electrons. The molecule has 1 heterocycles. The molecule has 0 aliphatic carbocycles. The van der Waals surface area contributed by atoms with Crippen molar-refractivity contribution >= 4 is 34.3 Å². The SMILES string of the molecule is Cc1cc(C)cc(NC(=O)CSc2nc3ccccc3c(=O)n2CCCN(C)C)c1. The molecule has 0 aliphatic rings. The van der Waals surface area contributed by atoms with Gasteiger partial charge in [0.05, 0.1) is 16.7 Å². The fourth-order valence-electron chi connectivity index (χ4n) is 3.37. The second-order valence-corrected chi connectivity index (χ2v) is 8.68. The molecule has 0 radical (unpaired) electrons. The molecule has 1 aromatic heterocycles. The Kier molecular flexibility index (Phi) is 7.29. The van der Waals surface area contributed by atoms with E-state index >= 15 is 0 Å². The third kappa shape index (κ3) is 5.70. The normalized spacial score (nSPS) is 11.2. The van der Waals surface area contributed by atoms with Gasteiger partial charge in [0.1, 0.15) is 0 Å². The fraction of sp³-hybridized carbons (Fsp3) is 0.348. The van der Waals surface area contributed by atoms with Crippen molar-refractivity contribution in [1.82, 2.24) is 14.5 Å². The zero-order chi connectivity index (χ0) is 21.7. The summed E-state index contributed by atoms with van der Waals surface area (Å²) in [5, 5.41) is 4.12. The van der Waals surface area contributed by atoms with E-state index in [1.54, 1.807) is 10.6 Å². The van der Waals surface area contributed by atoms with Gasteiger partial charge in [0.25, 0.3) is 5.56 Å². The molecule has 3 aromatic rings. The van der Waals surface area contributed by atoms with Crippen LogP contribution < -0.4 is 10.9 Å². The Morgan fingerprint density at radius 3 is 2.53 bits per heavy atom. The van der Waals surface area contributed by atoms with Crippen molar-refractivity contribution < 1.29 is 4.79 Å². The number of fused-ring (bicyclic) bond motifs is 1. The van der Waals surface area contributed by atoms with Crippen LogP contribution >= 0.6 is 11.8 Å². The third-order valence-electron chi connectivity index (χ3n) is 4.65. The van der Waals surface area contributed by atoms with Gasteiger partial charge in [0, 0.05) is 12.2 Å². The van der Waals surface area contributed by atoms with E-state index < -0.39 is 0 Å². The number of rotatable bonds is 8. The van der Waals surface area contributed by atoms with Gasteiger partial charge >= 0.3 is 0 Å². The lowest BCUT2D eigenvalue weighted by Gasteiger charge is -2.15. The molecule has 0 unspecified atom stereocenters. The second kappa shape index (κ2) is 9.91. The molecule has 0 saturated carbocycles. The van der Waals surface area contributed by atoms with Crippen LogP contribution in [0.4, 0.5) is 5.69 Å². The first kappa shape index (κ1) is 22.1. The van der Waals surface area contributed by atoms with Crippen LogP contribution in [0, 0.1) is 13.8 Å². The monoisotopic (exact) mass is 424 g/mol. The first-order chi connectivity index (χ1) is 14.3. The molecule has 7 heteroatoms. The summed E-state index contributed by atoms with van der Waals surface area (Å²) in [5.41, 5.74) is 3.58. The average Bonchev–Trinajstić information content (AvgIpc) is 2.67. The van der Waals surface area contributed by atoms with Crippen molar-refractivity contribution in [2.45, 2.75) is 32.0 Å². The maximum atomic E-state index is 13.0. The Bertz CT molecular complexity index is 1090. The summed E-state index contributed by atoms with van der Waals surface area (Å²) in [6.45, 7) is 5.44. The first-order valence-corrected chi connectivity index (χ1v) is 11.0. The molecular formula is C23H28N4O2S. The summed E-state index contributed by atoms with van der Waals surface area (Å²) in [5.74, 6) is 0.0677. The lowest BCUT2D eigenvalue weighted by Crippen LogP contribution is -2.26. The lowest BCUT2D eigenvalue weighted by atomic mass is 10.1. The molecule has 1 N–H and O–H groups in total. The summed E-state index contributed by atoms with van der Waals surface area (Å²) in [4.78, 5) is 32.3. The number of aromatic nitrogens is 2. The number of para-hydroxylation sites is 1. The van der Waals surface area contributed by atoms with Crippen molar-refractivity contribution in [2.75, 3.05) is 31.7 Å². The van der Waals surface area contributed by atoms with Gasteiger partial charge in [-0.3, -0.25) is 14.2 Å². The minimum absolute atomic E-state index is 0.0587. The van der Waals surface area contributed by atoms with Gasteiger partial charge in [-0.1, -0.05) is 30.0 Å². The van der Waals surface area contributed by atoms with E-state index in [0.717, 1.165) is 29.8 Å². The molecule has 1 amide bonds. The maximum absolute atomic E-state index is 13.0. The van der Waals surface area contributed by atoms with E-state index in [-0.39, 0.29) is 17.2 Å². The Morgan fingerprint density at radius 1 is 1.13 bits per heavy atom. The molecule has 0 aliphatic heterocycles. The molecular weight excluding hydrogens is 396 g/mol. The van der Waals surface area contributed by atoms with Crippen LogP contribution in [0.2, 0.25) is 0 Å². The number of carbonyl (C=O) groups excluding carboxylic acids is 1. The second-order valence-electron chi connectivity index (χ2n) is 7.74. The van der Waals surface area contributed by atoms with E-state index in [2.05, 4.69) is 21.3 Å². The standard InChI is InChI=1S/C23H28N4O2S/c1-16-12-17(2)14-18(13-16)24-21(28)15-30-23-25-20-9-6-5-8-19(20)22(29)27(23)11-7-10-26(3)4/h5-6,8-9,12-14H,7,10-11,15H2,1-4H3,(H,24,28). The number of amides is 1. The highest BCUT2D eigenvalue weighted by Gasteiger charge is 2.13. The highest BCUT2D eigenvalue weighted by Crippen LogP contribution is 2.19. The molecule has 6 nitrogen and oxygen atoms in total. The summed E-state index contributed by atoms with van der Waals surface area (Å²) in [6, 6.07) is 13.3. The van der Waals surface area contributed by atoms with Gasteiger partial charge in [-0.05, 0) is 76.3 Å². The molecule has 2 aromatic carbocycles. The summed E-state index contributed by atoms with van der Waals surface area (Å²) >= 11 is 1.30. The number of thioether (sulfide) groups is 1. The molecule has 30 heavy (non-hydrogen) atoms. The third-order valence-corrected chi connectivity index (χ3v) is 5.63. The van der Waals surface area contributed by atoms with Gasteiger partial charge in [-0.2, -0.15) is 0 Å². The zero-order valence-electron chi connectivity index (χ0n) is 17.9. The average molecular weight is 425 g/mol. The highest BCUT2D eigenvalue weighted by molar-refractivity contribution is 7.99. The Hall–Kier alpha value is -2.64. The maximum Gasteiger partial charge on any atom is 0.262 e. The Labute approximate surface area is 181 Å². The van der Waals surface area contributed by atoms with Gasteiger partial charge in [-0.25, -0.2) is 4.98 Å². The smallest absolute Gasteiger partial charge is 0.262 e. The summed E-state index contributed by atoms with van der Waals surface area (Å²) in [7, 11) is 4.02. The lowest BCUT2D eigenvalue weighted by molar-refractivity contribution is -0.113. The van der Waals surface area contributed by atoms with Crippen LogP contribution in [0.5, 0.6) is 0 Å². The van der Waals surface area contributed by atoms with Crippen LogP contribution in [-0.2, 0) is 11.3 Å². The first-order valence-electron chi connectivity index (χ1n) is 9.99. The van der Waals surface area contributed by atoms with E-state index in [1.165, 1.54) is 11.8 Å². The predicted molar refractivity (Wildman–Crippen MR) is 124 cm³/mol. The molecule has 0 atom stereocenters. The summed E-state index contributed by atoms with van der Waals surface area (Å²) < 4.78 is 1.70. The van der Waals surface area contributed by atoms with Crippen LogP contribution in [0.1, 0.15) is 17.5 Å². The number of benzene rings is 2. The molecule has 0 saturated heterocycles. The molecule has 0 bridgehead atoms. The highest BCUT2D eigenvalue weighted by atomic mass is 32.2. The van der Waals surface area contributed by atoms with Crippen molar-refractivity contribution in [3.63, 3.8) is 0 Å². The number of anilines is 1. The Morgan fingerprint density at radius 2 is 1.83 bits per heavy atom. The van der Waals surface area contributed by atoms with Crippen LogP contribution in [0.25, 0.3) is 10.9 Å². The topological polar surface area (TPSA) is 67.2 Å². The predicted octanol–water partition coefficient (Wildman–Crippen LogP) is 3.70. The largest absolute Gasteiger partial charge is 0.325 e. The van der Waals surface area contributed by atoms with E-state index in [1.807, 2.05) is 58.3 Å².